The lowest BCUT2D eigenvalue weighted by molar-refractivity contribution is 0.283. The third-order valence-electron chi connectivity index (χ3n) is 5.00. The number of benzene rings is 2. The highest BCUT2D eigenvalue weighted by Crippen LogP contribution is 2.47. The highest BCUT2D eigenvalue weighted by atomic mass is 127. The van der Waals surface area contributed by atoms with Crippen LogP contribution in [-0.2, 0) is 10.0 Å². The van der Waals surface area contributed by atoms with Gasteiger partial charge in [-0.05, 0) is 72.2 Å². The Bertz CT molecular complexity index is 1140. The average molecular weight is 516 g/mol. The molecule has 0 aliphatic heterocycles. The van der Waals surface area contributed by atoms with Crippen LogP contribution in [0.25, 0.3) is 10.9 Å². The first-order valence-corrected chi connectivity index (χ1v) is 11.2. The van der Waals surface area contributed by atoms with Gasteiger partial charge < -0.3 is 10.4 Å². The number of H-pyrrole nitrogens is 1. The van der Waals surface area contributed by atoms with Crippen LogP contribution in [0.4, 0.5) is 21.5 Å². The van der Waals surface area contributed by atoms with Gasteiger partial charge in [0, 0.05) is 15.6 Å². The smallest absolute Gasteiger partial charge is 0.238 e. The van der Waals surface area contributed by atoms with E-state index in [4.69, 9.17) is 0 Å². The Kier molecular flexibility index (Phi) is 4.96. The number of halogens is 2. The zero-order chi connectivity index (χ0) is 19.9. The molecule has 10 heteroatoms. The Balaban J connectivity index is 1.76. The highest BCUT2D eigenvalue weighted by Gasteiger charge is 2.54. The summed E-state index contributed by atoms with van der Waals surface area (Å²) in [7, 11) is -3.73. The van der Waals surface area contributed by atoms with Crippen molar-refractivity contribution in [1.82, 2.24) is 10.2 Å². The number of sulfonamides is 1. The molecule has 0 unspecified atom stereocenters. The molecule has 148 valence electrons. The molecule has 1 aliphatic rings. The van der Waals surface area contributed by atoms with Gasteiger partial charge >= 0.3 is 0 Å². The summed E-state index contributed by atoms with van der Waals surface area (Å²) < 4.78 is 42.6. The molecule has 0 radical (unpaired) electrons. The lowest BCUT2D eigenvalue weighted by Crippen LogP contribution is -2.31. The molecule has 1 aliphatic carbocycles. The van der Waals surface area contributed by atoms with Crippen LogP contribution >= 0.6 is 22.6 Å². The van der Waals surface area contributed by atoms with Gasteiger partial charge in [-0.3, -0.25) is 9.82 Å². The van der Waals surface area contributed by atoms with Crippen molar-refractivity contribution in [2.75, 3.05) is 16.6 Å². The summed E-state index contributed by atoms with van der Waals surface area (Å²) in [4.78, 5) is 0. The largest absolute Gasteiger partial charge is 0.396 e. The van der Waals surface area contributed by atoms with Crippen molar-refractivity contribution in [2.45, 2.75) is 24.0 Å². The monoisotopic (exact) mass is 516 g/mol. The first-order valence-electron chi connectivity index (χ1n) is 8.67. The first-order chi connectivity index (χ1) is 13.4. The molecule has 0 amide bonds. The van der Waals surface area contributed by atoms with E-state index < -0.39 is 20.6 Å². The number of rotatable bonds is 7. The first kappa shape index (κ1) is 19.4. The van der Waals surface area contributed by atoms with E-state index in [1.807, 2.05) is 22.6 Å². The Morgan fingerprint density at radius 3 is 2.68 bits per heavy atom. The van der Waals surface area contributed by atoms with Crippen molar-refractivity contribution in [3.63, 3.8) is 0 Å². The number of hydrogen-bond donors (Lipinski definition) is 4. The van der Waals surface area contributed by atoms with Crippen LogP contribution in [0, 0.1) is 9.39 Å². The number of hydrogen-bond acceptors (Lipinski definition) is 5. The van der Waals surface area contributed by atoms with Gasteiger partial charge in [0.25, 0.3) is 0 Å². The van der Waals surface area contributed by atoms with Gasteiger partial charge in [0.1, 0.15) is 5.82 Å². The van der Waals surface area contributed by atoms with Gasteiger partial charge in [0.05, 0.1) is 33.5 Å². The topological polar surface area (TPSA) is 107 Å². The Morgan fingerprint density at radius 2 is 2.00 bits per heavy atom. The molecule has 1 fully saturated rings. The summed E-state index contributed by atoms with van der Waals surface area (Å²) in [5.41, 5.74) is 1.46. The van der Waals surface area contributed by atoms with Crippen LogP contribution < -0.4 is 10.0 Å². The number of nitrogens with one attached hydrogen (secondary N) is 3. The molecule has 28 heavy (non-hydrogen) atoms. The Morgan fingerprint density at radius 1 is 1.25 bits per heavy atom. The number of aromatic nitrogens is 2. The van der Waals surface area contributed by atoms with Crippen LogP contribution in [-0.4, -0.2) is 35.1 Å². The number of fused-ring (bicyclic) bond motifs is 1. The van der Waals surface area contributed by atoms with E-state index in [-0.39, 0.29) is 18.7 Å². The average Bonchev–Trinajstić information content (AvgIpc) is 3.28. The Hall–Kier alpha value is -1.92. The third-order valence-corrected chi connectivity index (χ3v) is 7.91. The zero-order valence-electron chi connectivity index (χ0n) is 14.7. The van der Waals surface area contributed by atoms with E-state index in [0.29, 0.717) is 29.7 Å². The standard InChI is InChI=1S/C18H18FIN4O3S/c19-13-9-12(20)2-4-14(13)22-17-15(3-1-11-10-21-23-16(11)17)24-28(26,27)18(5-6-18)7-8-25/h1-4,9-10,22,24-25H,5-8H2,(H,21,23). The molecule has 0 spiro atoms. The van der Waals surface area contributed by atoms with E-state index in [0.717, 1.165) is 8.96 Å². The fraction of sp³-hybridized carbons (Fsp3) is 0.278. The number of anilines is 3. The minimum Gasteiger partial charge on any atom is -0.396 e. The van der Waals surface area contributed by atoms with Gasteiger partial charge in [0.2, 0.25) is 10.0 Å². The van der Waals surface area contributed by atoms with E-state index in [1.165, 1.54) is 6.07 Å². The summed E-state index contributed by atoms with van der Waals surface area (Å²) in [5.74, 6) is -0.448. The molecule has 1 aromatic heterocycles. The molecular weight excluding hydrogens is 498 g/mol. The number of nitrogens with zero attached hydrogens (tertiary/aromatic N) is 1. The van der Waals surface area contributed by atoms with E-state index in [9.17, 15) is 17.9 Å². The molecule has 1 saturated carbocycles. The van der Waals surface area contributed by atoms with Gasteiger partial charge in [-0.2, -0.15) is 5.10 Å². The summed E-state index contributed by atoms with van der Waals surface area (Å²) >= 11 is 2.02. The molecule has 0 atom stereocenters. The minimum absolute atomic E-state index is 0.184. The lowest BCUT2D eigenvalue weighted by Gasteiger charge is -2.20. The second kappa shape index (κ2) is 7.16. The molecule has 1 heterocycles. The highest BCUT2D eigenvalue weighted by molar-refractivity contribution is 14.1. The molecule has 7 nitrogen and oxygen atoms in total. The van der Waals surface area contributed by atoms with Crippen LogP contribution in [0.15, 0.2) is 36.5 Å². The van der Waals surface area contributed by atoms with Gasteiger partial charge in [-0.1, -0.05) is 0 Å². The van der Waals surface area contributed by atoms with Crippen molar-refractivity contribution in [1.29, 1.82) is 0 Å². The van der Waals surface area contributed by atoms with Crippen molar-refractivity contribution in [2.24, 2.45) is 0 Å². The van der Waals surface area contributed by atoms with Crippen LogP contribution in [0.1, 0.15) is 19.3 Å². The number of aromatic amines is 1. The van der Waals surface area contributed by atoms with Crippen molar-refractivity contribution in [3.8, 4) is 0 Å². The fourth-order valence-corrected chi connectivity index (χ4v) is 5.33. The maximum atomic E-state index is 14.4. The van der Waals surface area contributed by atoms with Crippen LogP contribution in [0.2, 0.25) is 0 Å². The van der Waals surface area contributed by atoms with Crippen molar-refractivity contribution in [3.05, 3.63) is 45.9 Å². The molecular formula is C18H18FIN4O3S. The lowest BCUT2D eigenvalue weighted by atomic mass is 10.2. The second-order valence-corrected chi connectivity index (χ2v) is 10.2. The third kappa shape index (κ3) is 3.44. The quantitative estimate of drug-likeness (QED) is 0.359. The predicted octanol–water partition coefficient (Wildman–Crippen LogP) is 3.71. The minimum atomic E-state index is -3.73. The molecule has 2 aromatic carbocycles. The predicted molar refractivity (Wildman–Crippen MR) is 115 cm³/mol. The fourth-order valence-electron chi connectivity index (χ4n) is 3.20. The number of aliphatic hydroxyl groups is 1. The molecule has 3 aromatic rings. The molecule has 0 bridgehead atoms. The Labute approximate surface area is 174 Å². The normalized spacial score (nSPS) is 15.5. The maximum Gasteiger partial charge on any atom is 0.238 e. The van der Waals surface area contributed by atoms with Crippen molar-refractivity contribution < 1.29 is 17.9 Å². The van der Waals surface area contributed by atoms with Gasteiger partial charge in [-0.15, -0.1) is 0 Å². The van der Waals surface area contributed by atoms with Gasteiger partial charge in [0.15, 0.2) is 0 Å². The van der Waals surface area contributed by atoms with E-state index >= 15 is 0 Å². The zero-order valence-corrected chi connectivity index (χ0v) is 17.6. The van der Waals surface area contributed by atoms with Gasteiger partial charge in [-0.25, -0.2) is 12.8 Å². The van der Waals surface area contributed by atoms with E-state index in [1.54, 1.807) is 30.5 Å². The number of aliphatic hydroxyl groups excluding tert-OH is 1. The SMILES string of the molecule is O=S(=O)(Nc1ccc2cn[nH]c2c1Nc1ccc(I)cc1F)C1(CCO)CC1. The summed E-state index contributed by atoms with van der Waals surface area (Å²) in [5, 5.41) is 19.8. The summed E-state index contributed by atoms with van der Waals surface area (Å²) in [6.45, 7) is -0.195. The summed E-state index contributed by atoms with van der Waals surface area (Å²) in [6, 6.07) is 8.09. The van der Waals surface area contributed by atoms with E-state index in [2.05, 4.69) is 20.2 Å². The van der Waals surface area contributed by atoms with Crippen molar-refractivity contribution >= 4 is 60.6 Å². The molecule has 4 N–H and O–H groups in total. The van der Waals surface area contributed by atoms with Crippen LogP contribution in [0.3, 0.4) is 0 Å². The maximum absolute atomic E-state index is 14.4. The molecule has 4 rings (SSSR count). The summed E-state index contributed by atoms with van der Waals surface area (Å²) in [6.07, 6.45) is 2.80. The second-order valence-electron chi connectivity index (χ2n) is 6.83. The van der Waals surface area contributed by atoms with Crippen LogP contribution in [0.5, 0.6) is 0 Å². The molecule has 0 saturated heterocycles.